The van der Waals surface area contributed by atoms with Crippen molar-refractivity contribution in [2.75, 3.05) is 0 Å². The van der Waals surface area contributed by atoms with E-state index in [1.54, 1.807) is 6.07 Å². The summed E-state index contributed by atoms with van der Waals surface area (Å²) in [7, 11) is 1.54. The molecule has 0 bridgehead atoms. The summed E-state index contributed by atoms with van der Waals surface area (Å²) in [5.74, 6) is -0.721. The highest BCUT2D eigenvalue weighted by atomic mass is 35.5. The number of ketones is 1. The van der Waals surface area contributed by atoms with Gasteiger partial charge in [-0.25, -0.2) is 0 Å². The number of aryl methyl sites for hydroxylation is 1. The molecule has 4 nitrogen and oxygen atoms in total. The van der Waals surface area contributed by atoms with E-state index in [0.717, 1.165) is 0 Å². The molecule has 1 heterocycles. The molecular weight excluding hydrogens is 278 g/mol. The summed E-state index contributed by atoms with van der Waals surface area (Å²) in [5.41, 5.74) is 0.125. The van der Waals surface area contributed by atoms with E-state index in [9.17, 15) is 13.6 Å². The number of hydrogen-bond donors (Lipinski definition) is 0. The van der Waals surface area contributed by atoms with Crippen LogP contribution in [0.3, 0.4) is 0 Å². The second-order valence-electron chi connectivity index (χ2n) is 3.67. The van der Waals surface area contributed by atoms with Gasteiger partial charge in [0, 0.05) is 7.05 Å². The predicted octanol–water partition coefficient (Wildman–Crippen LogP) is 2.91. The van der Waals surface area contributed by atoms with Gasteiger partial charge in [0.1, 0.15) is 11.4 Å². The fraction of sp³-hybridized carbons (Fsp3) is 0.167. The van der Waals surface area contributed by atoms with E-state index in [-0.39, 0.29) is 22.0 Å². The molecule has 19 heavy (non-hydrogen) atoms. The van der Waals surface area contributed by atoms with Gasteiger partial charge >= 0.3 is 6.61 Å². The number of hydrogen-bond acceptors (Lipinski definition) is 3. The van der Waals surface area contributed by atoms with Gasteiger partial charge < -0.3 is 4.74 Å². The largest absolute Gasteiger partial charge is 0.434 e. The van der Waals surface area contributed by atoms with Crippen molar-refractivity contribution in [1.29, 1.82) is 0 Å². The molecule has 2 aromatic rings. The molecule has 0 N–H and O–H groups in total. The SMILES string of the molecule is Cn1ncc(Cl)c1C(=O)c1ccccc1OC(F)F. The monoisotopic (exact) mass is 286 g/mol. The maximum atomic E-state index is 12.3. The second-order valence-corrected chi connectivity index (χ2v) is 4.08. The van der Waals surface area contributed by atoms with E-state index in [4.69, 9.17) is 11.6 Å². The van der Waals surface area contributed by atoms with Crippen molar-refractivity contribution in [2.45, 2.75) is 6.61 Å². The standard InChI is InChI=1S/C12H9ClF2N2O2/c1-17-10(8(13)6-16-17)11(18)7-4-2-3-5-9(7)19-12(14)15/h2-6,12H,1H3. The molecule has 0 atom stereocenters. The third-order valence-corrected chi connectivity index (χ3v) is 2.73. The summed E-state index contributed by atoms with van der Waals surface area (Å²) in [6, 6.07) is 5.74. The molecular formula is C12H9ClF2N2O2. The number of alkyl halides is 2. The minimum atomic E-state index is -3.00. The van der Waals surface area contributed by atoms with Gasteiger partial charge in [0.05, 0.1) is 16.8 Å². The first kappa shape index (κ1) is 13.5. The van der Waals surface area contributed by atoms with Gasteiger partial charge in [-0.05, 0) is 12.1 Å². The number of carbonyl (C=O) groups excluding carboxylic acids is 1. The molecule has 0 radical (unpaired) electrons. The summed E-state index contributed by atoms with van der Waals surface area (Å²) < 4.78 is 30.2. The number of benzene rings is 1. The first-order valence-corrected chi connectivity index (χ1v) is 5.64. The number of aromatic nitrogens is 2. The second kappa shape index (κ2) is 5.36. The Morgan fingerprint density at radius 2 is 2.11 bits per heavy atom. The van der Waals surface area contributed by atoms with E-state index in [2.05, 4.69) is 9.84 Å². The van der Waals surface area contributed by atoms with Crippen molar-refractivity contribution in [3.63, 3.8) is 0 Å². The Hall–Kier alpha value is -1.95. The number of carbonyl (C=O) groups is 1. The average Bonchev–Trinajstić information content (AvgIpc) is 2.68. The zero-order valence-corrected chi connectivity index (χ0v) is 10.6. The summed E-state index contributed by atoms with van der Waals surface area (Å²) >= 11 is 5.85. The van der Waals surface area contributed by atoms with Crippen LogP contribution in [0.15, 0.2) is 30.5 Å². The number of rotatable bonds is 4. The molecule has 0 aliphatic carbocycles. The molecule has 1 aromatic heterocycles. The van der Waals surface area contributed by atoms with Crippen molar-refractivity contribution in [1.82, 2.24) is 9.78 Å². The summed E-state index contributed by atoms with van der Waals surface area (Å²) in [5, 5.41) is 3.98. The van der Waals surface area contributed by atoms with Crippen LogP contribution in [0.2, 0.25) is 5.02 Å². The molecule has 0 aliphatic rings. The highest BCUT2D eigenvalue weighted by Crippen LogP contribution is 2.25. The maximum absolute atomic E-state index is 12.3. The highest BCUT2D eigenvalue weighted by Gasteiger charge is 2.22. The molecule has 0 fully saturated rings. The molecule has 100 valence electrons. The first-order valence-electron chi connectivity index (χ1n) is 5.26. The van der Waals surface area contributed by atoms with E-state index >= 15 is 0 Å². The summed E-state index contributed by atoms with van der Waals surface area (Å²) in [6.07, 6.45) is 1.31. The van der Waals surface area contributed by atoms with Gasteiger partial charge in [0.25, 0.3) is 0 Å². The lowest BCUT2D eigenvalue weighted by molar-refractivity contribution is -0.0501. The highest BCUT2D eigenvalue weighted by molar-refractivity contribution is 6.34. The average molecular weight is 287 g/mol. The lowest BCUT2D eigenvalue weighted by Crippen LogP contribution is -2.12. The van der Waals surface area contributed by atoms with Crippen molar-refractivity contribution in [2.24, 2.45) is 7.05 Å². The molecule has 0 saturated carbocycles. The van der Waals surface area contributed by atoms with Crippen molar-refractivity contribution in [3.05, 3.63) is 46.7 Å². The summed E-state index contributed by atoms with van der Waals surface area (Å²) in [6.45, 7) is -3.00. The van der Waals surface area contributed by atoms with Crippen molar-refractivity contribution >= 4 is 17.4 Å². The van der Waals surface area contributed by atoms with Gasteiger partial charge in [-0.3, -0.25) is 9.48 Å². The van der Waals surface area contributed by atoms with Crippen LogP contribution in [0, 0.1) is 0 Å². The van der Waals surface area contributed by atoms with Gasteiger partial charge in [-0.2, -0.15) is 13.9 Å². The molecule has 7 heteroatoms. The van der Waals surface area contributed by atoms with Crippen molar-refractivity contribution < 1.29 is 18.3 Å². The van der Waals surface area contributed by atoms with Gasteiger partial charge in [0.15, 0.2) is 0 Å². The maximum Gasteiger partial charge on any atom is 0.387 e. The van der Waals surface area contributed by atoms with Crippen LogP contribution in [0.5, 0.6) is 5.75 Å². The first-order chi connectivity index (χ1) is 9.00. The van der Waals surface area contributed by atoms with Crippen LogP contribution in [-0.4, -0.2) is 22.2 Å². The molecule has 0 saturated heterocycles. The van der Waals surface area contributed by atoms with Crippen LogP contribution in [-0.2, 0) is 7.05 Å². The normalized spacial score (nSPS) is 10.8. The van der Waals surface area contributed by atoms with E-state index in [1.165, 1.54) is 36.1 Å². The third kappa shape index (κ3) is 2.73. The Labute approximate surface area is 112 Å². The van der Waals surface area contributed by atoms with Gasteiger partial charge in [0.2, 0.25) is 5.78 Å². The number of ether oxygens (including phenoxy) is 1. The zero-order valence-electron chi connectivity index (χ0n) is 9.81. The minimum absolute atomic E-state index is 0.00769. The molecule has 2 rings (SSSR count). The van der Waals surface area contributed by atoms with Crippen LogP contribution < -0.4 is 4.74 Å². The van der Waals surface area contributed by atoms with Crippen LogP contribution in [0.1, 0.15) is 16.1 Å². The molecule has 0 amide bonds. The van der Waals surface area contributed by atoms with Gasteiger partial charge in [-0.15, -0.1) is 0 Å². The van der Waals surface area contributed by atoms with E-state index in [1.807, 2.05) is 0 Å². The molecule has 1 aromatic carbocycles. The van der Waals surface area contributed by atoms with Gasteiger partial charge in [-0.1, -0.05) is 23.7 Å². The van der Waals surface area contributed by atoms with Crippen molar-refractivity contribution in [3.8, 4) is 5.75 Å². The fourth-order valence-corrected chi connectivity index (χ4v) is 1.90. The van der Waals surface area contributed by atoms with E-state index < -0.39 is 12.4 Å². The molecule has 0 unspecified atom stereocenters. The van der Waals surface area contributed by atoms with Crippen LogP contribution in [0.25, 0.3) is 0 Å². The lowest BCUT2D eigenvalue weighted by atomic mass is 10.1. The third-order valence-electron chi connectivity index (χ3n) is 2.46. The topological polar surface area (TPSA) is 44.1 Å². The predicted molar refractivity (Wildman–Crippen MR) is 64.7 cm³/mol. The Kier molecular flexibility index (Phi) is 3.80. The van der Waals surface area contributed by atoms with Crippen LogP contribution >= 0.6 is 11.6 Å². The Morgan fingerprint density at radius 3 is 2.68 bits per heavy atom. The Morgan fingerprint density at radius 1 is 1.42 bits per heavy atom. The van der Waals surface area contributed by atoms with Crippen LogP contribution in [0.4, 0.5) is 8.78 Å². The molecule has 0 spiro atoms. The minimum Gasteiger partial charge on any atom is -0.434 e. The quantitative estimate of drug-likeness (QED) is 0.812. The molecule has 0 aliphatic heterocycles. The lowest BCUT2D eigenvalue weighted by Gasteiger charge is -2.09. The zero-order chi connectivity index (χ0) is 14.0. The Bertz CT molecular complexity index is 594. The Balaban J connectivity index is 2.45. The number of halogens is 3. The fourth-order valence-electron chi connectivity index (χ4n) is 1.65. The number of nitrogens with zero attached hydrogens (tertiary/aromatic N) is 2. The number of para-hydroxylation sites is 1. The van der Waals surface area contributed by atoms with E-state index in [0.29, 0.717) is 0 Å². The smallest absolute Gasteiger partial charge is 0.387 e. The summed E-state index contributed by atoms with van der Waals surface area (Å²) in [4.78, 5) is 12.3.